The molecule has 1 aliphatic carbocycles. The highest BCUT2D eigenvalue weighted by molar-refractivity contribution is 5.73. The molecule has 2 aliphatic heterocycles. The lowest BCUT2D eigenvalue weighted by molar-refractivity contribution is -0.192. The Morgan fingerprint density at radius 1 is 1.36 bits per heavy atom. The first-order valence-electron chi connectivity index (χ1n) is 7.36. The average molecular weight is 374 g/mol. The van der Waals surface area contributed by atoms with Crippen LogP contribution in [0.3, 0.4) is 0 Å². The van der Waals surface area contributed by atoms with Crippen LogP contribution in [-0.4, -0.2) is 43.8 Å². The number of hydrogen-bond donors (Lipinski definition) is 2. The number of hydrogen-bond acceptors (Lipinski definition) is 4. The first-order chi connectivity index (χ1) is 11.3. The van der Waals surface area contributed by atoms with Crippen molar-refractivity contribution < 1.29 is 36.2 Å². The predicted molar refractivity (Wildman–Crippen MR) is 71.4 cm³/mol. The number of carbonyl (C=O) groups is 1. The molecule has 6 nitrogen and oxygen atoms in total. The minimum Gasteiger partial charge on any atom is -0.475 e. The molecule has 0 spiro atoms. The molecule has 2 bridgehead atoms. The molecular weight excluding hydrogens is 358 g/mol. The summed E-state index contributed by atoms with van der Waals surface area (Å²) in [5, 5.41) is 17.8. The number of carboxylic acid groups (broad SMARTS) is 1. The fraction of sp³-hybridized carbons (Fsp3) is 0.769. The molecule has 3 unspecified atom stereocenters. The normalized spacial score (nSPS) is 28.6. The largest absolute Gasteiger partial charge is 0.490 e. The van der Waals surface area contributed by atoms with Gasteiger partial charge in [-0.15, -0.1) is 5.10 Å². The zero-order chi connectivity index (χ0) is 19.0. The van der Waals surface area contributed by atoms with Crippen LogP contribution < -0.4 is 5.32 Å². The molecule has 1 aromatic rings. The smallest absolute Gasteiger partial charge is 0.475 e. The van der Waals surface area contributed by atoms with Gasteiger partial charge in [0.2, 0.25) is 0 Å². The summed E-state index contributed by atoms with van der Waals surface area (Å²) in [6.07, 6.45) is -5.56. The quantitative estimate of drug-likeness (QED) is 0.778. The minimum absolute atomic E-state index is 0.0930. The highest BCUT2D eigenvalue weighted by atomic mass is 19.4. The maximum atomic E-state index is 12.4. The Morgan fingerprint density at radius 3 is 2.32 bits per heavy atom. The van der Waals surface area contributed by atoms with Gasteiger partial charge in [0, 0.05) is 11.6 Å². The van der Waals surface area contributed by atoms with Crippen molar-refractivity contribution in [3.63, 3.8) is 0 Å². The lowest BCUT2D eigenvalue weighted by Crippen LogP contribution is -2.69. The van der Waals surface area contributed by atoms with E-state index in [9.17, 15) is 26.3 Å². The van der Waals surface area contributed by atoms with E-state index in [1.54, 1.807) is 0 Å². The molecule has 4 rings (SSSR count). The number of nitrogens with zero attached hydrogens (tertiary/aromatic N) is 3. The molecule has 3 aliphatic rings. The van der Waals surface area contributed by atoms with E-state index >= 15 is 0 Å². The summed E-state index contributed by atoms with van der Waals surface area (Å²) in [4.78, 5) is 10.1. The molecule has 0 radical (unpaired) electrons. The van der Waals surface area contributed by atoms with Crippen LogP contribution in [0.4, 0.5) is 26.3 Å². The van der Waals surface area contributed by atoms with E-state index in [4.69, 9.17) is 9.90 Å². The van der Waals surface area contributed by atoms with Gasteiger partial charge in [0.05, 0.1) is 12.7 Å². The second-order valence-electron chi connectivity index (χ2n) is 6.43. The van der Waals surface area contributed by atoms with Gasteiger partial charge in [-0.05, 0) is 25.2 Å². The number of alkyl halides is 6. The van der Waals surface area contributed by atoms with Crippen molar-refractivity contribution >= 4 is 5.97 Å². The minimum atomic E-state index is -5.08. The van der Waals surface area contributed by atoms with Crippen molar-refractivity contribution in [1.29, 1.82) is 0 Å². The summed E-state index contributed by atoms with van der Waals surface area (Å²) in [5.41, 5.74) is -1.01. The highest BCUT2D eigenvalue weighted by Gasteiger charge is 2.49. The van der Waals surface area contributed by atoms with Crippen molar-refractivity contribution in [2.24, 2.45) is 5.92 Å². The topological polar surface area (TPSA) is 80.0 Å². The van der Waals surface area contributed by atoms with Gasteiger partial charge in [-0.1, -0.05) is 6.92 Å². The fourth-order valence-corrected chi connectivity index (χ4v) is 3.35. The standard InChI is InChI=1S/C11H15F3N4.C2HF3O2/c1-7-2-8-4-10(3-7,16-8)6-18-15-5-9(17-18)11(12,13)14;3-2(4,5)1(6)7/h5,7-8,16H,2-4,6H2,1H3;(H,6,7). The predicted octanol–water partition coefficient (Wildman–Crippen LogP) is 2.46. The van der Waals surface area contributed by atoms with E-state index in [1.165, 1.54) is 4.80 Å². The average Bonchev–Trinajstić information content (AvgIpc) is 2.84. The number of rotatable bonds is 2. The second kappa shape index (κ2) is 6.46. The van der Waals surface area contributed by atoms with Crippen molar-refractivity contribution in [1.82, 2.24) is 20.3 Å². The number of halogens is 6. The van der Waals surface area contributed by atoms with Gasteiger partial charge < -0.3 is 10.4 Å². The molecule has 0 aromatic carbocycles. The highest BCUT2D eigenvalue weighted by Crippen LogP contribution is 2.42. The SMILES string of the molecule is CC1CC2CC(Cn3ncc(C(F)(F)F)n3)(C1)N2.O=C(O)C(F)(F)F. The molecule has 3 heterocycles. The summed E-state index contributed by atoms with van der Waals surface area (Å²) in [6, 6.07) is 0.520. The Bertz CT molecular complexity index is 621. The molecule has 25 heavy (non-hydrogen) atoms. The Balaban J connectivity index is 0.000000277. The van der Waals surface area contributed by atoms with E-state index < -0.39 is 24.0 Å². The van der Waals surface area contributed by atoms with Gasteiger partial charge in [0.25, 0.3) is 0 Å². The number of aliphatic carboxylic acids is 1. The molecule has 3 fully saturated rings. The summed E-state index contributed by atoms with van der Waals surface area (Å²) in [7, 11) is 0. The first-order valence-corrected chi connectivity index (χ1v) is 7.36. The van der Waals surface area contributed by atoms with Gasteiger partial charge in [-0.25, -0.2) is 4.79 Å². The van der Waals surface area contributed by atoms with E-state index in [-0.39, 0.29) is 5.54 Å². The molecule has 1 saturated carbocycles. The zero-order valence-corrected chi connectivity index (χ0v) is 13.0. The molecule has 12 heteroatoms. The fourth-order valence-electron chi connectivity index (χ4n) is 3.35. The first kappa shape index (κ1) is 19.5. The summed E-state index contributed by atoms with van der Waals surface area (Å²) in [5.74, 6) is -2.14. The molecule has 2 saturated heterocycles. The lowest BCUT2D eigenvalue weighted by atomic mass is 9.66. The van der Waals surface area contributed by atoms with Crippen LogP contribution in [0.15, 0.2) is 6.20 Å². The Hall–Kier alpha value is -1.85. The van der Waals surface area contributed by atoms with Crippen LogP contribution in [0.1, 0.15) is 31.9 Å². The van der Waals surface area contributed by atoms with E-state index in [1.807, 2.05) is 0 Å². The van der Waals surface area contributed by atoms with Crippen LogP contribution in [0.25, 0.3) is 0 Å². The van der Waals surface area contributed by atoms with Crippen molar-refractivity contribution in [2.45, 2.75) is 56.7 Å². The number of piperidine rings is 1. The molecular formula is C13H16F6N4O2. The van der Waals surface area contributed by atoms with E-state index in [0.717, 1.165) is 25.5 Å². The monoisotopic (exact) mass is 374 g/mol. The third-order valence-electron chi connectivity index (χ3n) is 4.09. The van der Waals surface area contributed by atoms with Crippen LogP contribution in [0.2, 0.25) is 0 Å². The van der Waals surface area contributed by atoms with Crippen LogP contribution in [0, 0.1) is 5.92 Å². The van der Waals surface area contributed by atoms with E-state index in [2.05, 4.69) is 22.4 Å². The summed E-state index contributed by atoms with van der Waals surface area (Å²) < 4.78 is 69.0. The van der Waals surface area contributed by atoms with Crippen molar-refractivity contribution in [3.05, 3.63) is 11.9 Å². The van der Waals surface area contributed by atoms with Gasteiger partial charge in [0.15, 0.2) is 5.69 Å². The lowest BCUT2D eigenvalue weighted by Gasteiger charge is -2.55. The maximum absolute atomic E-state index is 12.4. The Morgan fingerprint density at radius 2 is 1.92 bits per heavy atom. The molecule has 1 aromatic heterocycles. The Labute approximate surface area is 138 Å². The number of fused-ring (bicyclic) bond motifs is 2. The van der Waals surface area contributed by atoms with Crippen LogP contribution in [-0.2, 0) is 17.5 Å². The summed E-state index contributed by atoms with van der Waals surface area (Å²) in [6.45, 7) is 2.60. The van der Waals surface area contributed by atoms with Crippen molar-refractivity contribution in [3.8, 4) is 0 Å². The number of carboxylic acids is 1. The molecule has 3 atom stereocenters. The van der Waals surface area contributed by atoms with Gasteiger partial charge in [0.1, 0.15) is 0 Å². The Kier molecular flexibility index (Phi) is 5.04. The van der Waals surface area contributed by atoms with Gasteiger partial charge in [-0.2, -0.15) is 36.2 Å². The van der Waals surface area contributed by atoms with Crippen LogP contribution >= 0.6 is 0 Å². The third-order valence-corrected chi connectivity index (χ3v) is 4.09. The molecule has 2 N–H and O–H groups in total. The number of aromatic nitrogens is 3. The third kappa shape index (κ3) is 4.83. The van der Waals surface area contributed by atoms with E-state index in [0.29, 0.717) is 18.5 Å². The van der Waals surface area contributed by atoms with Gasteiger partial charge in [-0.3, -0.25) is 0 Å². The molecule has 142 valence electrons. The number of nitrogens with one attached hydrogen (secondary N) is 1. The zero-order valence-electron chi connectivity index (χ0n) is 13.0. The van der Waals surface area contributed by atoms with Crippen molar-refractivity contribution in [2.75, 3.05) is 0 Å². The molecule has 0 amide bonds. The second-order valence-corrected chi connectivity index (χ2v) is 6.43. The summed E-state index contributed by atoms with van der Waals surface area (Å²) >= 11 is 0. The van der Waals surface area contributed by atoms with Gasteiger partial charge >= 0.3 is 18.3 Å². The van der Waals surface area contributed by atoms with Crippen LogP contribution in [0.5, 0.6) is 0 Å². The maximum Gasteiger partial charge on any atom is 0.490 e.